The number of ether oxygens (including phenoxy) is 1. The zero-order valence-corrected chi connectivity index (χ0v) is 17.7. The first kappa shape index (κ1) is 20.9. The van der Waals surface area contributed by atoms with Crippen molar-refractivity contribution in [2.45, 2.75) is 19.7 Å². The van der Waals surface area contributed by atoms with Crippen molar-refractivity contribution in [3.8, 4) is 6.01 Å². The predicted molar refractivity (Wildman–Crippen MR) is 119 cm³/mol. The largest absolute Gasteiger partial charge is 0.416 e. The topological polar surface area (TPSA) is 108 Å². The standard InChI is InChI=1S/C21H26N8O2/c1-3-17-25-19(29-11-9-28(2)10-12-29)27-21(26-17)31-20-22-13-15(14-23-20)18(30)24-16-7-5-4-6-8-16/h4-8,13-15,20H,3,9-12H2,1-2H3,(H,24,30). The summed E-state index contributed by atoms with van der Waals surface area (Å²) >= 11 is 0. The molecule has 31 heavy (non-hydrogen) atoms. The summed E-state index contributed by atoms with van der Waals surface area (Å²) < 4.78 is 5.77. The van der Waals surface area contributed by atoms with Crippen LogP contribution in [0.2, 0.25) is 0 Å². The summed E-state index contributed by atoms with van der Waals surface area (Å²) in [6.07, 6.45) is 2.89. The highest BCUT2D eigenvalue weighted by molar-refractivity contribution is 6.13. The fourth-order valence-electron chi connectivity index (χ4n) is 3.19. The van der Waals surface area contributed by atoms with Crippen LogP contribution in [0.25, 0.3) is 0 Å². The number of rotatable bonds is 6. The lowest BCUT2D eigenvalue weighted by atomic mass is 10.1. The molecule has 0 spiro atoms. The van der Waals surface area contributed by atoms with Gasteiger partial charge in [0, 0.05) is 50.7 Å². The van der Waals surface area contributed by atoms with E-state index < -0.39 is 12.3 Å². The first-order chi connectivity index (χ1) is 15.1. The smallest absolute Gasteiger partial charge is 0.324 e. The minimum Gasteiger partial charge on any atom is -0.416 e. The first-order valence-corrected chi connectivity index (χ1v) is 10.4. The average molecular weight is 422 g/mol. The maximum absolute atomic E-state index is 12.4. The van der Waals surface area contributed by atoms with E-state index in [2.05, 4.69) is 47.1 Å². The van der Waals surface area contributed by atoms with Gasteiger partial charge < -0.3 is 19.9 Å². The highest BCUT2D eigenvalue weighted by Crippen LogP contribution is 2.17. The van der Waals surface area contributed by atoms with Crippen LogP contribution in [0.1, 0.15) is 12.7 Å². The molecular formula is C21H26N8O2. The molecule has 2 aliphatic rings. The molecule has 1 N–H and O–H groups in total. The summed E-state index contributed by atoms with van der Waals surface area (Å²) in [5.74, 6) is 0.495. The Morgan fingerprint density at radius 3 is 2.45 bits per heavy atom. The minimum absolute atomic E-state index is 0.187. The van der Waals surface area contributed by atoms with Crippen LogP contribution in [0.4, 0.5) is 11.6 Å². The van der Waals surface area contributed by atoms with Gasteiger partial charge in [-0.3, -0.25) is 4.79 Å². The van der Waals surface area contributed by atoms with E-state index in [9.17, 15) is 4.79 Å². The van der Waals surface area contributed by atoms with E-state index in [1.54, 1.807) is 0 Å². The molecule has 1 aromatic heterocycles. The molecule has 10 nitrogen and oxygen atoms in total. The molecule has 1 fully saturated rings. The molecule has 0 aliphatic carbocycles. The third kappa shape index (κ3) is 5.40. The molecule has 0 unspecified atom stereocenters. The molecule has 0 bridgehead atoms. The third-order valence-electron chi connectivity index (χ3n) is 5.06. The van der Waals surface area contributed by atoms with Crippen LogP contribution >= 0.6 is 0 Å². The molecule has 1 aromatic carbocycles. The summed E-state index contributed by atoms with van der Waals surface area (Å²) in [6.45, 7) is 5.59. The van der Waals surface area contributed by atoms with Gasteiger partial charge in [-0.05, 0) is 19.2 Å². The van der Waals surface area contributed by atoms with Crippen molar-refractivity contribution >= 4 is 30.0 Å². The monoisotopic (exact) mass is 422 g/mol. The number of amides is 1. The highest BCUT2D eigenvalue weighted by Gasteiger charge is 2.22. The van der Waals surface area contributed by atoms with Crippen molar-refractivity contribution in [3.05, 3.63) is 36.2 Å². The summed E-state index contributed by atoms with van der Waals surface area (Å²) in [7, 11) is 2.10. The van der Waals surface area contributed by atoms with Crippen molar-refractivity contribution in [3.63, 3.8) is 0 Å². The van der Waals surface area contributed by atoms with Crippen molar-refractivity contribution < 1.29 is 9.53 Å². The van der Waals surface area contributed by atoms with Gasteiger partial charge in [-0.2, -0.15) is 15.0 Å². The van der Waals surface area contributed by atoms with Crippen LogP contribution in [0.5, 0.6) is 6.01 Å². The van der Waals surface area contributed by atoms with Gasteiger partial charge in [0.25, 0.3) is 6.35 Å². The number of likely N-dealkylation sites (N-methyl/N-ethyl adjacent to an activating group) is 1. The molecule has 0 saturated carbocycles. The van der Waals surface area contributed by atoms with Crippen molar-refractivity contribution in [2.24, 2.45) is 15.9 Å². The van der Waals surface area contributed by atoms with E-state index in [1.165, 1.54) is 12.4 Å². The lowest BCUT2D eigenvalue weighted by Crippen LogP contribution is -2.45. The van der Waals surface area contributed by atoms with Crippen molar-refractivity contribution in [1.82, 2.24) is 19.9 Å². The van der Waals surface area contributed by atoms with Gasteiger partial charge in [0.2, 0.25) is 11.9 Å². The Labute approximate surface area is 181 Å². The van der Waals surface area contributed by atoms with Gasteiger partial charge in [0.05, 0.1) is 0 Å². The molecule has 2 aliphatic heterocycles. The molecule has 1 saturated heterocycles. The normalized spacial score (nSPS) is 21.2. The number of carbonyl (C=O) groups excluding carboxylic acids is 1. The van der Waals surface area contributed by atoms with Crippen LogP contribution in [0.15, 0.2) is 40.3 Å². The number of aryl methyl sites for hydroxylation is 1. The quantitative estimate of drug-likeness (QED) is 0.746. The maximum Gasteiger partial charge on any atom is 0.324 e. The second-order valence-corrected chi connectivity index (χ2v) is 7.40. The number of hydrogen-bond acceptors (Lipinski definition) is 9. The number of aromatic nitrogens is 3. The number of anilines is 2. The molecule has 1 amide bonds. The van der Waals surface area contributed by atoms with Gasteiger partial charge in [-0.1, -0.05) is 25.1 Å². The first-order valence-electron chi connectivity index (χ1n) is 10.4. The Bertz CT molecular complexity index is 943. The van der Waals surface area contributed by atoms with Gasteiger partial charge in [0.15, 0.2) is 0 Å². The Hall–Kier alpha value is -3.40. The van der Waals surface area contributed by atoms with Crippen molar-refractivity contribution in [2.75, 3.05) is 43.4 Å². The van der Waals surface area contributed by atoms with E-state index in [0.717, 1.165) is 31.9 Å². The predicted octanol–water partition coefficient (Wildman–Crippen LogP) is 1.26. The van der Waals surface area contributed by atoms with Crippen molar-refractivity contribution in [1.29, 1.82) is 0 Å². The van der Waals surface area contributed by atoms with E-state index in [4.69, 9.17) is 4.74 Å². The molecule has 2 aromatic rings. The van der Waals surface area contributed by atoms with Crippen LogP contribution in [0.3, 0.4) is 0 Å². The summed E-state index contributed by atoms with van der Waals surface area (Å²) in [5, 5.41) is 2.83. The molecule has 0 radical (unpaired) electrons. The lowest BCUT2D eigenvalue weighted by molar-refractivity contribution is -0.116. The molecule has 162 valence electrons. The average Bonchev–Trinajstić information content (AvgIpc) is 2.80. The molecule has 10 heteroatoms. The van der Waals surface area contributed by atoms with Gasteiger partial charge in [-0.15, -0.1) is 0 Å². The molecular weight excluding hydrogens is 396 g/mol. The number of nitrogens with one attached hydrogen (secondary N) is 1. The van der Waals surface area contributed by atoms with E-state index >= 15 is 0 Å². The fourth-order valence-corrected chi connectivity index (χ4v) is 3.19. The molecule has 0 atom stereocenters. The summed E-state index contributed by atoms with van der Waals surface area (Å²) in [5.41, 5.74) is 0.724. The number of nitrogens with zero attached hydrogens (tertiary/aromatic N) is 7. The second kappa shape index (κ2) is 9.61. The number of para-hydroxylation sites is 1. The van der Waals surface area contributed by atoms with E-state index in [0.29, 0.717) is 18.2 Å². The Kier molecular flexibility index (Phi) is 6.46. The van der Waals surface area contributed by atoms with E-state index in [1.807, 2.05) is 37.3 Å². The fraction of sp³-hybridized carbons (Fsp3) is 0.429. The van der Waals surface area contributed by atoms with Gasteiger partial charge >= 0.3 is 6.01 Å². The Morgan fingerprint density at radius 1 is 1.06 bits per heavy atom. The SMILES string of the molecule is CCc1nc(OC2N=CC(C(=O)Nc3ccccc3)C=N2)nc(N2CCN(C)CC2)n1. The number of benzene rings is 1. The summed E-state index contributed by atoms with van der Waals surface area (Å²) in [6, 6.07) is 9.44. The lowest BCUT2D eigenvalue weighted by Gasteiger charge is -2.32. The second-order valence-electron chi connectivity index (χ2n) is 7.40. The van der Waals surface area contributed by atoms with Crippen LogP contribution in [-0.4, -0.2) is 77.8 Å². The minimum atomic E-state index is -0.826. The highest BCUT2D eigenvalue weighted by atomic mass is 16.5. The zero-order valence-electron chi connectivity index (χ0n) is 17.7. The van der Waals surface area contributed by atoms with E-state index in [-0.39, 0.29) is 11.9 Å². The Morgan fingerprint density at radius 2 is 1.77 bits per heavy atom. The number of piperazine rings is 1. The molecule has 4 rings (SSSR count). The zero-order chi connectivity index (χ0) is 21.6. The number of hydrogen-bond donors (Lipinski definition) is 1. The molecule has 3 heterocycles. The maximum atomic E-state index is 12.4. The Balaban J connectivity index is 1.39. The number of carbonyl (C=O) groups is 1. The van der Waals surface area contributed by atoms with Gasteiger partial charge in [0.1, 0.15) is 11.7 Å². The van der Waals surface area contributed by atoms with Crippen LogP contribution < -0.4 is 15.0 Å². The number of aliphatic imine (C=N–C) groups is 2. The van der Waals surface area contributed by atoms with Crippen LogP contribution in [0, 0.1) is 5.92 Å². The summed E-state index contributed by atoms with van der Waals surface area (Å²) in [4.78, 5) is 38.7. The third-order valence-corrected chi connectivity index (χ3v) is 5.06. The van der Waals surface area contributed by atoms with Gasteiger partial charge in [-0.25, -0.2) is 9.98 Å². The van der Waals surface area contributed by atoms with Crippen LogP contribution in [-0.2, 0) is 11.2 Å².